The van der Waals surface area contributed by atoms with Crippen molar-refractivity contribution in [2.24, 2.45) is 5.73 Å². The van der Waals surface area contributed by atoms with Crippen LogP contribution in [0.1, 0.15) is 20.8 Å². The zero-order valence-corrected chi connectivity index (χ0v) is 11.7. The molecule has 20 heavy (non-hydrogen) atoms. The molecule has 0 aromatic carbocycles. The molecule has 0 unspecified atom stereocenters. The largest absolute Gasteiger partial charge is 0.480 e. The maximum absolute atomic E-state index is 11.3. The van der Waals surface area contributed by atoms with Crippen molar-refractivity contribution >= 4 is 23.8 Å². The monoisotopic (exact) mass is 292 g/mol. The van der Waals surface area contributed by atoms with Crippen LogP contribution in [0.2, 0.25) is 0 Å². The van der Waals surface area contributed by atoms with Crippen LogP contribution in [0.5, 0.6) is 0 Å². The molecule has 0 fully saturated rings. The number of nitrogens with one attached hydrogen (secondary N) is 1. The second-order valence-electron chi connectivity index (χ2n) is 3.24. The standard InChI is InChI=1S/C9H15NO5.C2H5NO2/c1-4-14-8(12)7(10-6(3)11)9(13)15-5-2;3-1-2(4)5/h7H,4-5H2,1-3H3,(H,10,11);1,3H2,(H,4,5). The summed E-state index contributed by atoms with van der Waals surface area (Å²) in [7, 11) is 0. The lowest BCUT2D eigenvalue weighted by Crippen LogP contribution is -2.47. The molecule has 116 valence electrons. The SMILES string of the molecule is CCOC(=O)C(NC(C)=O)C(=O)OCC.NCC(=O)O. The first-order valence-corrected chi connectivity index (χ1v) is 5.82. The number of aliphatic carboxylic acids is 1. The van der Waals surface area contributed by atoms with E-state index in [-0.39, 0.29) is 19.8 Å². The number of carboxylic acid groups (broad SMARTS) is 1. The molecule has 0 aliphatic heterocycles. The lowest BCUT2D eigenvalue weighted by atomic mass is 10.3. The number of hydrogen-bond donors (Lipinski definition) is 3. The Balaban J connectivity index is 0. The van der Waals surface area contributed by atoms with E-state index < -0.39 is 29.9 Å². The van der Waals surface area contributed by atoms with Gasteiger partial charge in [-0.3, -0.25) is 9.59 Å². The quantitative estimate of drug-likeness (QED) is 0.402. The Morgan fingerprint density at radius 1 is 1.10 bits per heavy atom. The van der Waals surface area contributed by atoms with E-state index in [0.717, 1.165) is 0 Å². The highest BCUT2D eigenvalue weighted by Crippen LogP contribution is 1.94. The second-order valence-corrected chi connectivity index (χ2v) is 3.24. The van der Waals surface area contributed by atoms with Crippen LogP contribution in [0.4, 0.5) is 0 Å². The number of hydrogen-bond acceptors (Lipinski definition) is 7. The summed E-state index contributed by atoms with van der Waals surface area (Å²) < 4.78 is 9.24. The summed E-state index contributed by atoms with van der Waals surface area (Å²) in [5, 5.41) is 9.76. The van der Waals surface area contributed by atoms with Gasteiger partial charge in [0.1, 0.15) is 0 Å². The number of rotatable bonds is 6. The lowest BCUT2D eigenvalue weighted by molar-refractivity contribution is -0.159. The molecular weight excluding hydrogens is 272 g/mol. The Morgan fingerprint density at radius 3 is 1.65 bits per heavy atom. The van der Waals surface area contributed by atoms with E-state index in [2.05, 4.69) is 20.5 Å². The van der Waals surface area contributed by atoms with Crippen LogP contribution in [-0.2, 0) is 28.7 Å². The Bertz CT molecular complexity index is 326. The molecule has 0 aromatic heterocycles. The number of esters is 2. The van der Waals surface area contributed by atoms with Crippen molar-refractivity contribution < 1.29 is 33.8 Å². The number of amides is 1. The number of carboxylic acids is 1. The van der Waals surface area contributed by atoms with E-state index in [1.165, 1.54) is 6.92 Å². The Labute approximate surface area is 116 Å². The van der Waals surface area contributed by atoms with Crippen molar-refractivity contribution in [2.45, 2.75) is 26.8 Å². The van der Waals surface area contributed by atoms with Gasteiger partial charge >= 0.3 is 17.9 Å². The topological polar surface area (TPSA) is 145 Å². The van der Waals surface area contributed by atoms with Gasteiger partial charge in [0.2, 0.25) is 11.9 Å². The molecule has 0 rings (SSSR count). The minimum Gasteiger partial charge on any atom is -0.480 e. The van der Waals surface area contributed by atoms with Crippen molar-refractivity contribution in [1.82, 2.24) is 5.32 Å². The lowest BCUT2D eigenvalue weighted by Gasteiger charge is -2.14. The van der Waals surface area contributed by atoms with Gasteiger partial charge in [0, 0.05) is 6.92 Å². The molecule has 0 saturated heterocycles. The van der Waals surface area contributed by atoms with Crippen LogP contribution in [0.25, 0.3) is 0 Å². The van der Waals surface area contributed by atoms with Crippen molar-refractivity contribution in [3.63, 3.8) is 0 Å². The van der Waals surface area contributed by atoms with Gasteiger partial charge in [0.05, 0.1) is 19.8 Å². The smallest absolute Gasteiger partial charge is 0.340 e. The average Bonchev–Trinajstić information content (AvgIpc) is 2.36. The molecule has 4 N–H and O–H groups in total. The molecule has 0 saturated carbocycles. The third kappa shape index (κ3) is 11.0. The summed E-state index contributed by atoms with van der Waals surface area (Å²) >= 11 is 0. The van der Waals surface area contributed by atoms with Gasteiger partial charge in [0.25, 0.3) is 0 Å². The highest BCUT2D eigenvalue weighted by molar-refractivity contribution is 6.02. The van der Waals surface area contributed by atoms with Crippen molar-refractivity contribution in [1.29, 1.82) is 0 Å². The number of ether oxygens (including phenoxy) is 2. The van der Waals surface area contributed by atoms with Crippen LogP contribution in [0.15, 0.2) is 0 Å². The molecule has 0 atom stereocenters. The fourth-order valence-corrected chi connectivity index (χ4v) is 0.869. The van der Waals surface area contributed by atoms with Crippen LogP contribution in [0.3, 0.4) is 0 Å². The predicted octanol–water partition coefficient (Wildman–Crippen LogP) is -1.35. The Morgan fingerprint density at radius 2 is 1.45 bits per heavy atom. The normalized spacial score (nSPS) is 9.05. The minimum absolute atomic E-state index is 0.133. The molecule has 9 nitrogen and oxygen atoms in total. The highest BCUT2D eigenvalue weighted by atomic mass is 16.6. The Hall–Kier alpha value is -2.16. The molecule has 0 spiro atoms. The van der Waals surface area contributed by atoms with Crippen LogP contribution in [0, 0.1) is 0 Å². The first-order chi connectivity index (χ1) is 9.29. The third-order valence-corrected chi connectivity index (χ3v) is 1.57. The Kier molecular flexibility index (Phi) is 12.0. The number of carbonyl (C=O) groups excluding carboxylic acids is 3. The van der Waals surface area contributed by atoms with E-state index in [1.807, 2.05) is 0 Å². The van der Waals surface area contributed by atoms with E-state index in [4.69, 9.17) is 5.11 Å². The van der Waals surface area contributed by atoms with E-state index >= 15 is 0 Å². The maximum Gasteiger partial charge on any atom is 0.340 e. The molecule has 0 bridgehead atoms. The molecule has 0 aromatic rings. The van der Waals surface area contributed by atoms with Crippen molar-refractivity contribution in [3.05, 3.63) is 0 Å². The first-order valence-electron chi connectivity index (χ1n) is 5.82. The summed E-state index contributed by atoms with van der Waals surface area (Å²) in [6, 6.07) is -1.37. The molecule has 9 heteroatoms. The van der Waals surface area contributed by atoms with Crippen LogP contribution >= 0.6 is 0 Å². The van der Waals surface area contributed by atoms with Crippen molar-refractivity contribution in [2.75, 3.05) is 19.8 Å². The summed E-state index contributed by atoms with van der Waals surface area (Å²) in [4.78, 5) is 42.5. The van der Waals surface area contributed by atoms with Crippen molar-refractivity contribution in [3.8, 4) is 0 Å². The molecular formula is C11H20N2O7. The summed E-state index contributed by atoms with van der Waals surface area (Å²) in [5.41, 5.74) is 4.57. The molecule has 0 aliphatic rings. The molecule has 1 amide bonds. The van der Waals surface area contributed by atoms with Gasteiger partial charge in [-0.2, -0.15) is 0 Å². The van der Waals surface area contributed by atoms with E-state index in [9.17, 15) is 19.2 Å². The van der Waals surface area contributed by atoms with Gasteiger partial charge in [0.15, 0.2) is 0 Å². The van der Waals surface area contributed by atoms with E-state index in [1.54, 1.807) is 13.8 Å². The molecule has 0 aliphatic carbocycles. The average molecular weight is 292 g/mol. The second kappa shape index (κ2) is 11.9. The number of carbonyl (C=O) groups is 4. The summed E-state index contributed by atoms with van der Waals surface area (Å²) in [6.07, 6.45) is 0. The van der Waals surface area contributed by atoms with E-state index in [0.29, 0.717) is 0 Å². The zero-order valence-electron chi connectivity index (χ0n) is 11.7. The number of nitrogens with two attached hydrogens (primary N) is 1. The van der Waals surface area contributed by atoms with Crippen LogP contribution < -0.4 is 11.1 Å². The molecule has 0 heterocycles. The fourth-order valence-electron chi connectivity index (χ4n) is 0.869. The molecule has 0 radical (unpaired) electrons. The van der Waals surface area contributed by atoms with Gasteiger partial charge in [-0.1, -0.05) is 0 Å². The summed E-state index contributed by atoms with van der Waals surface area (Å²) in [5.74, 6) is -3.09. The minimum atomic E-state index is -1.37. The first kappa shape index (κ1) is 20.2. The van der Waals surface area contributed by atoms with Gasteiger partial charge in [-0.15, -0.1) is 0 Å². The van der Waals surface area contributed by atoms with Gasteiger partial charge in [-0.05, 0) is 13.8 Å². The summed E-state index contributed by atoms with van der Waals surface area (Å²) in [6.45, 7) is 4.40. The van der Waals surface area contributed by atoms with Gasteiger partial charge < -0.3 is 25.6 Å². The zero-order chi connectivity index (χ0) is 16.1. The third-order valence-electron chi connectivity index (χ3n) is 1.57. The fraction of sp³-hybridized carbons (Fsp3) is 0.636. The van der Waals surface area contributed by atoms with Crippen LogP contribution in [-0.4, -0.2) is 54.7 Å². The predicted molar refractivity (Wildman–Crippen MR) is 67.6 cm³/mol. The highest BCUT2D eigenvalue weighted by Gasteiger charge is 2.30. The maximum atomic E-state index is 11.3. The van der Waals surface area contributed by atoms with Gasteiger partial charge in [-0.25, -0.2) is 9.59 Å².